The van der Waals surface area contributed by atoms with Crippen molar-refractivity contribution in [1.82, 2.24) is 15.3 Å². The standard InChI is InChI=1S/C15H14FN3O2S/c1-15(21,9-2-3-22-6-9)7-17-14(20)11-4-10(16)5-12-13(11)19-8-18-12/h2-6,8,21H,7H2,1H3,(H,17,20)(H,18,19). The number of aromatic amines is 1. The summed E-state index contributed by atoms with van der Waals surface area (Å²) in [6, 6.07) is 4.21. The SMILES string of the molecule is CC(O)(CNC(=O)c1cc(F)cc2[nH]cnc12)c1ccsc1. The monoisotopic (exact) mass is 319 g/mol. The van der Waals surface area contributed by atoms with Crippen molar-refractivity contribution in [2.45, 2.75) is 12.5 Å². The number of H-pyrrole nitrogens is 1. The molecule has 3 rings (SSSR count). The Kier molecular flexibility index (Phi) is 3.67. The number of nitrogens with one attached hydrogen (secondary N) is 2. The van der Waals surface area contributed by atoms with Gasteiger partial charge in [0, 0.05) is 0 Å². The van der Waals surface area contributed by atoms with Crippen molar-refractivity contribution >= 4 is 28.3 Å². The van der Waals surface area contributed by atoms with E-state index in [-0.39, 0.29) is 12.1 Å². The van der Waals surface area contributed by atoms with E-state index in [0.717, 1.165) is 11.6 Å². The van der Waals surface area contributed by atoms with Crippen molar-refractivity contribution in [2.75, 3.05) is 6.54 Å². The van der Waals surface area contributed by atoms with Crippen molar-refractivity contribution in [3.8, 4) is 0 Å². The molecule has 0 aliphatic heterocycles. The first-order valence-electron chi connectivity index (χ1n) is 6.63. The molecule has 1 atom stereocenters. The van der Waals surface area contributed by atoms with Gasteiger partial charge in [0.2, 0.25) is 0 Å². The second-order valence-electron chi connectivity index (χ2n) is 5.22. The fourth-order valence-corrected chi connectivity index (χ4v) is 2.99. The van der Waals surface area contributed by atoms with E-state index < -0.39 is 17.3 Å². The highest BCUT2D eigenvalue weighted by Crippen LogP contribution is 2.23. The first kappa shape index (κ1) is 14.7. The van der Waals surface area contributed by atoms with Crippen LogP contribution in [0.5, 0.6) is 0 Å². The number of rotatable bonds is 4. The Labute approximate surface area is 129 Å². The topological polar surface area (TPSA) is 78.0 Å². The van der Waals surface area contributed by atoms with Crippen LogP contribution in [0.1, 0.15) is 22.8 Å². The molecule has 0 spiro atoms. The van der Waals surface area contributed by atoms with Crippen LogP contribution in [0.2, 0.25) is 0 Å². The second-order valence-corrected chi connectivity index (χ2v) is 6.00. The third-order valence-corrected chi connectivity index (χ3v) is 4.15. The average molecular weight is 319 g/mol. The van der Waals surface area contributed by atoms with Crippen LogP contribution in [-0.2, 0) is 5.60 Å². The minimum absolute atomic E-state index is 0.0188. The minimum atomic E-state index is -1.19. The normalized spacial score (nSPS) is 14.0. The Balaban J connectivity index is 1.81. The Morgan fingerprint density at radius 1 is 1.55 bits per heavy atom. The molecule has 1 amide bonds. The van der Waals surface area contributed by atoms with Crippen molar-refractivity contribution in [3.05, 3.63) is 52.2 Å². The largest absolute Gasteiger partial charge is 0.384 e. The molecule has 114 valence electrons. The maximum Gasteiger partial charge on any atom is 0.253 e. The first-order valence-corrected chi connectivity index (χ1v) is 7.57. The van der Waals surface area contributed by atoms with Crippen LogP contribution < -0.4 is 5.32 Å². The molecule has 2 aromatic heterocycles. The Bertz CT molecular complexity index is 811. The Hall–Kier alpha value is -2.25. The van der Waals surface area contributed by atoms with Gasteiger partial charge in [0.25, 0.3) is 5.91 Å². The van der Waals surface area contributed by atoms with Gasteiger partial charge in [-0.05, 0) is 41.4 Å². The lowest BCUT2D eigenvalue weighted by molar-refractivity contribution is 0.0530. The lowest BCUT2D eigenvalue weighted by Crippen LogP contribution is -2.38. The molecule has 0 saturated carbocycles. The van der Waals surface area contributed by atoms with Gasteiger partial charge in [0.15, 0.2) is 0 Å². The number of hydrogen-bond acceptors (Lipinski definition) is 4. The zero-order chi connectivity index (χ0) is 15.7. The number of halogens is 1. The van der Waals surface area contributed by atoms with Crippen LogP contribution in [0.3, 0.4) is 0 Å². The van der Waals surface area contributed by atoms with Gasteiger partial charge in [0.05, 0.1) is 24.0 Å². The molecule has 0 aliphatic carbocycles. The van der Waals surface area contributed by atoms with Crippen LogP contribution in [0, 0.1) is 5.82 Å². The number of hydrogen-bond donors (Lipinski definition) is 3. The summed E-state index contributed by atoms with van der Waals surface area (Å²) < 4.78 is 13.6. The van der Waals surface area contributed by atoms with Crippen LogP contribution in [0.25, 0.3) is 11.0 Å². The van der Waals surface area contributed by atoms with Gasteiger partial charge in [-0.25, -0.2) is 9.37 Å². The predicted octanol–water partition coefficient (Wildman–Crippen LogP) is 2.40. The minimum Gasteiger partial charge on any atom is -0.384 e. The van der Waals surface area contributed by atoms with Gasteiger partial charge >= 0.3 is 0 Å². The maximum atomic E-state index is 13.6. The van der Waals surface area contributed by atoms with E-state index in [0.29, 0.717) is 11.0 Å². The van der Waals surface area contributed by atoms with Gasteiger partial charge in [-0.1, -0.05) is 0 Å². The Morgan fingerprint density at radius 3 is 3.09 bits per heavy atom. The third kappa shape index (κ3) is 2.72. The Morgan fingerprint density at radius 2 is 2.36 bits per heavy atom. The van der Waals surface area contributed by atoms with Crippen LogP contribution in [0.15, 0.2) is 35.3 Å². The molecule has 7 heteroatoms. The maximum absolute atomic E-state index is 13.6. The molecule has 1 aromatic carbocycles. The fourth-order valence-electron chi connectivity index (χ4n) is 2.21. The van der Waals surface area contributed by atoms with Gasteiger partial charge in [-0.2, -0.15) is 11.3 Å². The van der Waals surface area contributed by atoms with E-state index in [1.54, 1.807) is 13.0 Å². The predicted molar refractivity (Wildman–Crippen MR) is 82.3 cm³/mol. The van der Waals surface area contributed by atoms with Gasteiger partial charge in [0.1, 0.15) is 16.9 Å². The summed E-state index contributed by atoms with van der Waals surface area (Å²) in [4.78, 5) is 19.1. The van der Waals surface area contributed by atoms with Crippen molar-refractivity contribution in [2.24, 2.45) is 0 Å². The molecule has 2 heterocycles. The van der Waals surface area contributed by atoms with E-state index in [2.05, 4.69) is 15.3 Å². The summed E-state index contributed by atoms with van der Waals surface area (Å²) >= 11 is 1.47. The van der Waals surface area contributed by atoms with Gasteiger partial charge in [-0.15, -0.1) is 0 Å². The zero-order valence-electron chi connectivity index (χ0n) is 11.8. The van der Waals surface area contributed by atoms with E-state index in [9.17, 15) is 14.3 Å². The van der Waals surface area contributed by atoms with Crippen molar-refractivity contribution < 1.29 is 14.3 Å². The summed E-state index contributed by atoms with van der Waals surface area (Å²) in [7, 11) is 0. The summed E-state index contributed by atoms with van der Waals surface area (Å²) in [6.07, 6.45) is 1.41. The number of imidazole rings is 1. The molecule has 0 saturated heterocycles. The number of aliphatic hydroxyl groups is 1. The molecular formula is C15H14FN3O2S. The lowest BCUT2D eigenvalue weighted by atomic mass is 9.99. The van der Waals surface area contributed by atoms with Crippen LogP contribution >= 0.6 is 11.3 Å². The molecule has 22 heavy (non-hydrogen) atoms. The highest BCUT2D eigenvalue weighted by Gasteiger charge is 2.25. The third-order valence-electron chi connectivity index (χ3n) is 3.47. The summed E-state index contributed by atoms with van der Waals surface area (Å²) in [5.74, 6) is -1.00. The number of nitrogens with zero attached hydrogens (tertiary/aromatic N) is 1. The molecular weight excluding hydrogens is 305 g/mol. The molecule has 0 radical (unpaired) electrons. The number of amides is 1. The van der Waals surface area contributed by atoms with E-state index in [1.807, 2.05) is 10.8 Å². The average Bonchev–Trinajstić information content (AvgIpc) is 3.14. The fraction of sp³-hybridized carbons (Fsp3) is 0.200. The molecule has 0 bridgehead atoms. The lowest BCUT2D eigenvalue weighted by Gasteiger charge is -2.22. The van der Waals surface area contributed by atoms with E-state index >= 15 is 0 Å². The molecule has 5 nitrogen and oxygen atoms in total. The summed E-state index contributed by atoms with van der Waals surface area (Å²) in [6.45, 7) is 1.63. The highest BCUT2D eigenvalue weighted by molar-refractivity contribution is 7.08. The first-order chi connectivity index (χ1) is 10.5. The molecule has 3 N–H and O–H groups in total. The molecule has 1 unspecified atom stereocenters. The van der Waals surface area contributed by atoms with Crippen LogP contribution in [0.4, 0.5) is 4.39 Å². The number of benzene rings is 1. The molecule has 0 aliphatic rings. The number of fused-ring (bicyclic) bond motifs is 1. The number of carbonyl (C=O) groups excluding carboxylic acids is 1. The summed E-state index contributed by atoms with van der Waals surface area (Å²) in [5.41, 5.74) is 0.524. The quantitative estimate of drug-likeness (QED) is 0.691. The van der Waals surface area contributed by atoms with E-state index in [4.69, 9.17) is 0 Å². The molecule has 3 aromatic rings. The zero-order valence-corrected chi connectivity index (χ0v) is 12.6. The number of thiophene rings is 1. The van der Waals surface area contributed by atoms with Crippen molar-refractivity contribution in [1.29, 1.82) is 0 Å². The van der Waals surface area contributed by atoms with Crippen LogP contribution in [-0.4, -0.2) is 27.5 Å². The van der Waals surface area contributed by atoms with E-state index in [1.165, 1.54) is 23.7 Å². The smallest absolute Gasteiger partial charge is 0.253 e. The summed E-state index contributed by atoms with van der Waals surface area (Å²) in [5, 5.41) is 16.7. The molecule has 0 fully saturated rings. The number of carbonyl (C=O) groups is 1. The second kappa shape index (κ2) is 5.51. The van der Waals surface area contributed by atoms with Crippen molar-refractivity contribution in [3.63, 3.8) is 0 Å². The van der Waals surface area contributed by atoms with Gasteiger partial charge < -0.3 is 15.4 Å². The van der Waals surface area contributed by atoms with Gasteiger partial charge in [-0.3, -0.25) is 4.79 Å². The number of aromatic nitrogens is 2. The highest BCUT2D eigenvalue weighted by atomic mass is 32.1.